The normalized spacial score (nSPS) is 11.0. The van der Waals surface area contributed by atoms with Gasteiger partial charge >= 0.3 is 0 Å². The molecular formula is C20H26N3O2+. The molecule has 2 amide bonds. The first-order chi connectivity index (χ1) is 11.8. The van der Waals surface area contributed by atoms with Gasteiger partial charge in [-0.2, -0.15) is 4.57 Å². The summed E-state index contributed by atoms with van der Waals surface area (Å²) in [7, 11) is 0. The maximum atomic E-state index is 12.6. The van der Waals surface area contributed by atoms with Crippen LogP contribution >= 0.6 is 0 Å². The zero-order valence-electron chi connectivity index (χ0n) is 15.2. The highest BCUT2D eigenvalue weighted by atomic mass is 16.2. The third-order valence-electron chi connectivity index (χ3n) is 4.11. The van der Waals surface area contributed by atoms with E-state index in [1.54, 1.807) is 29.1 Å². The van der Waals surface area contributed by atoms with Crippen LogP contribution in [0.25, 0.3) is 0 Å². The van der Waals surface area contributed by atoms with E-state index < -0.39 is 5.91 Å². The molecule has 0 spiro atoms. The van der Waals surface area contributed by atoms with Crippen molar-refractivity contribution in [3.63, 3.8) is 0 Å². The van der Waals surface area contributed by atoms with Crippen molar-refractivity contribution in [3.8, 4) is 0 Å². The predicted molar refractivity (Wildman–Crippen MR) is 98.4 cm³/mol. The number of para-hydroxylation sites is 1. The van der Waals surface area contributed by atoms with Gasteiger partial charge in [0.05, 0.1) is 0 Å². The Labute approximate surface area is 148 Å². The summed E-state index contributed by atoms with van der Waals surface area (Å²) < 4.78 is 1.66. The SMILES string of the molecule is CC(C)c1cccc(C(C)C)c1NC(=O)C[n+]1cccc(C(N)=O)c1. The third-order valence-corrected chi connectivity index (χ3v) is 4.11. The Morgan fingerprint density at radius 2 is 1.64 bits per heavy atom. The number of benzene rings is 1. The lowest BCUT2D eigenvalue weighted by Gasteiger charge is -2.19. The van der Waals surface area contributed by atoms with E-state index in [9.17, 15) is 9.59 Å². The molecule has 3 N–H and O–H groups in total. The van der Waals surface area contributed by atoms with E-state index in [2.05, 4.69) is 33.0 Å². The number of nitrogens with zero attached hydrogens (tertiary/aromatic N) is 1. The molecule has 25 heavy (non-hydrogen) atoms. The molecule has 0 aliphatic rings. The second kappa shape index (κ2) is 7.92. The van der Waals surface area contributed by atoms with Gasteiger partial charge < -0.3 is 11.1 Å². The third kappa shape index (κ3) is 4.66. The number of hydrogen-bond acceptors (Lipinski definition) is 2. The van der Waals surface area contributed by atoms with Crippen molar-refractivity contribution in [1.82, 2.24) is 0 Å². The first kappa shape index (κ1) is 18.6. The van der Waals surface area contributed by atoms with Crippen molar-refractivity contribution in [2.75, 3.05) is 5.32 Å². The lowest BCUT2D eigenvalue weighted by Crippen LogP contribution is -2.40. The molecular weight excluding hydrogens is 314 g/mol. The van der Waals surface area contributed by atoms with Crippen LogP contribution in [0.2, 0.25) is 0 Å². The molecule has 0 fully saturated rings. The average Bonchev–Trinajstić information content (AvgIpc) is 2.54. The molecule has 0 radical (unpaired) electrons. The van der Waals surface area contributed by atoms with Crippen molar-refractivity contribution in [2.45, 2.75) is 46.1 Å². The van der Waals surface area contributed by atoms with Crippen molar-refractivity contribution in [1.29, 1.82) is 0 Å². The second-order valence-electron chi connectivity index (χ2n) is 6.80. The van der Waals surface area contributed by atoms with E-state index in [4.69, 9.17) is 5.73 Å². The lowest BCUT2D eigenvalue weighted by molar-refractivity contribution is -0.684. The van der Waals surface area contributed by atoms with Crippen LogP contribution in [0.5, 0.6) is 0 Å². The maximum absolute atomic E-state index is 12.6. The summed E-state index contributed by atoms with van der Waals surface area (Å²) in [5.41, 5.74) is 8.80. The minimum Gasteiger partial charge on any atom is -0.365 e. The van der Waals surface area contributed by atoms with Crippen LogP contribution in [-0.4, -0.2) is 11.8 Å². The topological polar surface area (TPSA) is 76.1 Å². The molecule has 0 aliphatic heterocycles. The van der Waals surface area contributed by atoms with Crippen LogP contribution in [0.1, 0.15) is 61.0 Å². The molecule has 1 aromatic carbocycles. The molecule has 0 atom stereocenters. The number of aromatic nitrogens is 1. The summed E-state index contributed by atoms with van der Waals surface area (Å²) in [4.78, 5) is 23.8. The first-order valence-electron chi connectivity index (χ1n) is 8.51. The summed E-state index contributed by atoms with van der Waals surface area (Å²) >= 11 is 0. The summed E-state index contributed by atoms with van der Waals surface area (Å²) in [5.74, 6) is -0.0386. The number of anilines is 1. The second-order valence-corrected chi connectivity index (χ2v) is 6.80. The Kier molecular flexibility index (Phi) is 5.91. The molecule has 0 unspecified atom stereocenters. The quantitative estimate of drug-likeness (QED) is 0.793. The Morgan fingerprint density at radius 1 is 1.04 bits per heavy atom. The highest BCUT2D eigenvalue weighted by molar-refractivity contribution is 5.93. The lowest BCUT2D eigenvalue weighted by atomic mass is 9.92. The van der Waals surface area contributed by atoms with Crippen LogP contribution < -0.4 is 15.6 Å². The van der Waals surface area contributed by atoms with Gasteiger partial charge in [-0.3, -0.25) is 9.59 Å². The molecule has 1 heterocycles. The fourth-order valence-corrected chi connectivity index (χ4v) is 2.81. The van der Waals surface area contributed by atoms with Crippen molar-refractivity contribution < 1.29 is 14.2 Å². The average molecular weight is 340 g/mol. The molecule has 5 heteroatoms. The zero-order valence-corrected chi connectivity index (χ0v) is 15.2. The molecule has 1 aromatic heterocycles. The number of rotatable bonds is 6. The van der Waals surface area contributed by atoms with E-state index in [0.717, 1.165) is 16.8 Å². The maximum Gasteiger partial charge on any atom is 0.290 e. The van der Waals surface area contributed by atoms with Gasteiger partial charge in [-0.1, -0.05) is 45.9 Å². The monoisotopic (exact) mass is 340 g/mol. The van der Waals surface area contributed by atoms with Crippen molar-refractivity contribution >= 4 is 17.5 Å². The summed E-state index contributed by atoms with van der Waals surface area (Å²) in [6.45, 7) is 8.56. The van der Waals surface area contributed by atoms with Gasteiger partial charge in [-0.25, -0.2) is 0 Å². The van der Waals surface area contributed by atoms with Gasteiger partial charge in [0.15, 0.2) is 12.4 Å². The zero-order chi connectivity index (χ0) is 18.6. The van der Waals surface area contributed by atoms with Crippen LogP contribution in [0.3, 0.4) is 0 Å². The number of pyridine rings is 1. The van der Waals surface area contributed by atoms with Gasteiger partial charge in [-0.15, -0.1) is 0 Å². The van der Waals surface area contributed by atoms with Gasteiger partial charge in [0.2, 0.25) is 6.54 Å². The Bertz CT molecular complexity index is 756. The molecule has 0 bridgehead atoms. The largest absolute Gasteiger partial charge is 0.365 e. The first-order valence-corrected chi connectivity index (χ1v) is 8.51. The minimum atomic E-state index is -0.512. The summed E-state index contributed by atoms with van der Waals surface area (Å²) in [5, 5.41) is 3.06. The fraction of sp³-hybridized carbons (Fsp3) is 0.350. The smallest absolute Gasteiger partial charge is 0.290 e. The van der Waals surface area contributed by atoms with E-state index in [1.807, 2.05) is 18.2 Å². The number of primary amides is 1. The van der Waals surface area contributed by atoms with Crippen LogP contribution in [0.4, 0.5) is 5.69 Å². The molecule has 0 saturated heterocycles. The van der Waals surface area contributed by atoms with E-state index in [-0.39, 0.29) is 12.5 Å². The Balaban J connectivity index is 2.26. The number of nitrogens with two attached hydrogens (primary N) is 1. The van der Waals surface area contributed by atoms with E-state index in [1.165, 1.54) is 0 Å². The van der Waals surface area contributed by atoms with E-state index >= 15 is 0 Å². The van der Waals surface area contributed by atoms with Crippen molar-refractivity contribution in [2.24, 2.45) is 5.73 Å². The molecule has 0 aliphatic carbocycles. The molecule has 0 saturated carbocycles. The molecule has 132 valence electrons. The standard InChI is InChI=1S/C20H25N3O2/c1-13(2)16-8-5-9-17(14(3)4)19(16)22-18(24)12-23-10-6-7-15(11-23)20(21)25/h5-11,13-14H,12H2,1-4H3,(H2-,21,22,24,25)/p+1. The van der Waals surface area contributed by atoms with E-state index in [0.29, 0.717) is 17.4 Å². The highest BCUT2D eigenvalue weighted by Gasteiger charge is 2.18. The summed E-state index contributed by atoms with van der Waals surface area (Å²) in [6, 6.07) is 9.46. The molecule has 5 nitrogen and oxygen atoms in total. The fourth-order valence-electron chi connectivity index (χ4n) is 2.81. The number of carbonyl (C=O) groups excluding carboxylic acids is 2. The summed E-state index contributed by atoms with van der Waals surface area (Å²) in [6.07, 6.45) is 3.32. The van der Waals surface area contributed by atoms with Crippen LogP contribution in [0, 0.1) is 0 Å². The van der Waals surface area contributed by atoms with Gasteiger partial charge in [0.1, 0.15) is 5.56 Å². The molecule has 2 rings (SSSR count). The minimum absolute atomic E-state index is 0.116. The van der Waals surface area contributed by atoms with Crippen LogP contribution in [0.15, 0.2) is 42.7 Å². The van der Waals surface area contributed by atoms with Gasteiger partial charge in [0.25, 0.3) is 11.8 Å². The number of nitrogens with one attached hydrogen (secondary N) is 1. The Hall–Kier alpha value is -2.69. The Morgan fingerprint density at radius 3 is 2.16 bits per heavy atom. The van der Waals surface area contributed by atoms with Crippen molar-refractivity contribution in [3.05, 3.63) is 59.4 Å². The van der Waals surface area contributed by atoms with Gasteiger partial charge in [0, 0.05) is 11.8 Å². The molecule has 2 aromatic rings. The number of hydrogen-bond donors (Lipinski definition) is 2. The number of amides is 2. The predicted octanol–water partition coefficient (Wildman–Crippen LogP) is 2.96. The van der Waals surface area contributed by atoms with Gasteiger partial charge in [-0.05, 0) is 29.0 Å². The number of carbonyl (C=O) groups is 2. The highest BCUT2D eigenvalue weighted by Crippen LogP contribution is 2.32. The van der Waals surface area contributed by atoms with Crippen LogP contribution in [-0.2, 0) is 11.3 Å².